The van der Waals surface area contributed by atoms with Gasteiger partial charge in [0, 0.05) is 18.8 Å². The van der Waals surface area contributed by atoms with Crippen LogP contribution in [0.5, 0.6) is 0 Å². The van der Waals surface area contributed by atoms with E-state index >= 15 is 0 Å². The van der Waals surface area contributed by atoms with Gasteiger partial charge in [0.05, 0.1) is 17.8 Å². The number of nitrogens with zero attached hydrogens (tertiary/aromatic N) is 3. The van der Waals surface area contributed by atoms with E-state index < -0.39 is 0 Å². The van der Waals surface area contributed by atoms with Crippen molar-refractivity contribution in [2.45, 2.75) is 26.3 Å². The first-order valence-electron chi connectivity index (χ1n) is 9.27. The third-order valence-corrected chi connectivity index (χ3v) is 4.61. The van der Waals surface area contributed by atoms with E-state index in [9.17, 15) is 4.79 Å². The maximum Gasteiger partial charge on any atom is 0.258 e. The summed E-state index contributed by atoms with van der Waals surface area (Å²) in [6, 6.07) is 15.6. The number of rotatable bonds is 7. The van der Waals surface area contributed by atoms with E-state index in [4.69, 9.17) is 0 Å². The summed E-state index contributed by atoms with van der Waals surface area (Å²) in [5.41, 5.74) is 2.51. The minimum absolute atomic E-state index is 0.189. The zero-order valence-corrected chi connectivity index (χ0v) is 15.4. The maximum atomic E-state index is 12.6. The molecule has 0 spiro atoms. The van der Waals surface area contributed by atoms with Crippen molar-refractivity contribution in [1.82, 2.24) is 14.8 Å². The van der Waals surface area contributed by atoms with Crippen LogP contribution in [-0.2, 0) is 6.54 Å². The molecule has 1 amide bonds. The number of aromatic nitrogens is 3. The molecule has 1 saturated carbocycles. The van der Waals surface area contributed by atoms with Crippen molar-refractivity contribution < 1.29 is 4.79 Å². The molecule has 2 N–H and O–H groups in total. The maximum absolute atomic E-state index is 12.6. The summed E-state index contributed by atoms with van der Waals surface area (Å²) >= 11 is 0. The Labute approximate surface area is 158 Å². The van der Waals surface area contributed by atoms with Gasteiger partial charge in [0.25, 0.3) is 5.91 Å². The quantitative estimate of drug-likeness (QED) is 0.673. The minimum Gasteiger partial charge on any atom is -0.370 e. The summed E-state index contributed by atoms with van der Waals surface area (Å²) in [6.45, 7) is 3.47. The van der Waals surface area contributed by atoms with Gasteiger partial charge in [0.15, 0.2) is 0 Å². The molecule has 0 aliphatic heterocycles. The van der Waals surface area contributed by atoms with Crippen LogP contribution in [0.2, 0.25) is 0 Å². The Morgan fingerprint density at radius 1 is 1.19 bits per heavy atom. The SMILES string of the molecule is Cc1cc(NC(=O)c2ccc(NCC3CC3)nc2)n(Cc2ccccc2)n1. The summed E-state index contributed by atoms with van der Waals surface area (Å²) in [5, 5.41) is 10.7. The lowest BCUT2D eigenvalue weighted by atomic mass is 10.2. The lowest BCUT2D eigenvalue weighted by Crippen LogP contribution is -2.16. The van der Waals surface area contributed by atoms with Crippen LogP contribution >= 0.6 is 0 Å². The largest absolute Gasteiger partial charge is 0.370 e. The van der Waals surface area contributed by atoms with Gasteiger partial charge in [0.1, 0.15) is 11.6 Å². The van der Waals surface area contributed by atoms with Crippen LogP contribution in [0.1, 0.15) is 34.5 Å². The van der Waals surface area contributed by atoms with E-state index in [1.54, 1.807) is 12.3 Å². The molecule has 0 bridgehead atoms. The fraction of sp³-hybridized carbons (Fsp3) is 0.286. The van der Waals surface area contributed by atoms with Gasteiger partial charge < -0.3 is 10.6 Å². The standard InChI is InChI=1S/C21H23N5O/c1-15-11-20(26(25-15)14-17-5-3-2-4-6-17)24-21(27)18-9-10-19(23-13-18)22-12-16-7-8-16/h2-6,9-11,13,16H,7-8,12,14H2,1H3,(H,22,23)(H,24,27). The Hall–Kier alpha value is -3.15. The molecular weight excluding hydrogens is 338 g/mol. The average Bonchev–Trinajstić information content (AvgIpc) is 3.45. The molecule has 1 aromatic carbocycles. The van der Waals surface area contributed by atoms with Crippen LogP contribution in [0.4, 0.5) is 11.6 Å². The Balaban J connectivity index is 1.43. The highest BCUT2D eigenvalue weighted by atomic mass is 16.1. The predicted octanol–water partition coefficient (Wildman–Crippen LogP) is 3.71. The third kappa shape index (κ3) is 4.53. The van der Waals surface area contributed by atoms with Crippen LogP contribution < -0.4 is 10.6 Å². The molecule has 138 valence electrons. The van der Waals surface area contributed by atoms with Gasteiger partial charge in [0.2, 0.25) is 0 Å². The molecule has 2 aromatic heterocycles. The summed E-state index contributed by atoms with van der Waals surface area (Å²) in [6.07, 6.45) is 4.20. The molecule has 27 heavy (non-hydrogen) atoms. The normalized spacial score (nSPS) is 13.4. The van der Waals surface area contributed by atoms with E-state index in [0.29, 0.717) is 17.9 Å². The fourth-order valence-electron chi connectivity index (χ4n) is 2.92. The minimum atomic E-state index is -0.189. The van der Waals surface area contributed by atoms with Gasteiger partial charge in [-0.25, -0.2) is 9.67 Å². The second-order valence-corrected chi connectivity index (χ2v) is 7.02. The van der Waals surface area contributed by atoms with E-state index in [-0.39, 0.29) is 5.91 Å². The smallest absolute Gasteiger partial charge is 0.258 e. The number of carbonyl (C=O) groups is 1. The lowest BCUT2D eigenvalue weighted by molar-refractivity contribution is 0.102. The molecule has 2 heterocycles. The number of amides is 1. The number of pyridine rings is 1. The Bertz CT molecular complexity index is 914. The number of hydrogen-bond acceptors (Lipinski definition) is 4. The number of hydrogen-bond donors (Lipinski definition) is 2. The Morgan fingerprint density at radius 2 is 2.00 bits per heavy atom. The summed E-state index contributed by atoms with van der Waals surface area (Å²) in [4.78, 5) is 16.9. The van der Waals surface area contributed by atoms with Gasteiger partial charge in [-0.2, -0.15) is 5.10 Å². The van der Waals surface area contributed by atoms with Crippen LogP contribution in [-0.4, -0.2) is 27.2 Å². The second-order valence-electron chi connectivity index (χ2n) is 7.02. The Morgan fingerprint density at radius 3 is 2.70 bits per heavy atom. The molecule has 0 saturated heterocycles. The summed E-state index contributed by atoms with van der Waals surface area (Å²) in [5.74, 6) is 2.08. The zero-order valence-electron chi connectivity index (χ0n) is 15.4. The zero-order chi connectivity index (χ0) is 18.6. The van der Waals surface area contributed by atoms with Crippen molar-refractivity contribution in [2.24, 2.45) is 5.92 Å². The first kappa shape index (κ1) is 17.3. The molecule has 0 unspecified atom stereocenters. The molecule has 1 aliphatic rings. The van der Waals surface area contributed by atoms with Crippen molar-refractivity contribution in [3.63, 3.8) is 0 Å². The van der Waals surface area contributed by atoms with Gasteiger partial charge in [-0.15, -0.1) is 0 Å². The number of nitrogens with one attached hydrogen (secondary N) is 2. The predicted molar refractivity (Wildman–Crippen MR) is 106 cm³/mol. The molecule has 1 aliphatic carbocycles. The number of aryl methyl sites for hydroxylation is 1. The number of carbonyl (C=O) groups excluding carboxylic acids is 1. The van der Waals surface area contributed by atoms with Crippen molar-refractivity contribution in [3.8, 4) is 0 Å². The highest BCUT2D eigenvalue weighted by Gasteiger charge is 2.20. The van der Waals surface area contributed by atoms with E-state index in [1.807, 2.05) is 54.1 Å². The molecule has 6 heteroatoms. The molecular formula is C21H23N5O. The van der Waals surface area contributed by atoms with E-state index in [0.717, 1.165) is 29.5 Å². The first-order valence-corrected chi connectivity index (χ1v) is 9.27. The van der Waals surface area contributed by atoms with Gasteiger partial charge >= 0.3 is 0 Å². The van der Waals surface area contributed by atoms with Crippen molar-refractivity contribution in [2.75, 3.05) is 17.2 Å². The average molecular weight is 361 g/mol. The Kier molecular flexibility index (Phi) is 4.87. The van der Waals surface area contributed by atoms with E-state index in [1.165, 1.54) is 12.8 Å². The van der Waals surface area contributed by atoms with Crippen molar-refractivity contribution in [3.05, 3.63) is 71.5 Å². The van der Waals surface area contributed by atoms with Crippen LogP contribution in [0, 0.1) is 12.8 Å². The molecule has 4 rings (SSSR count). The van der Waals surface area contributed by atoms with Crippen LogP contribution in [0.15, 0.2) is 54.7 Å². The third-order valence-electron chi connectivity index (χ3n) is 4.61. The molecule has 6 nitrogen and oxygen atoms in total. The highest BCUT2D eigenvalue weighted by molar-refractivity contribution is 6.03. The van der Waals surface area contributed by atoms with Gasteiger partial charge in [-0.1, -0.05) is 30.3 Å². The second kappa shape index (κ2) is 7.61. The highest BCUT2D eigenvalue weighted by Crippen LogP contribution is 2.28. The summed E-state index contributed by atoms with van der Waals surface area (Å²) < 4.78 is 1.81. The number of benzene rings is 1. The number of anilines is 2. The fourth-order valence-corrected chi connectivity index (χ4v) is 2.92. The van der Waals surface area contributed by atoms with E-state index in [2.05, 4.69) is 20.7 Å². The van der Waals surface area contributed by atoms with Crippen LogP contribution in [0.3, 0.4) is 0 Å². The molecule has 1 fully saturated rings. The van der Waals surface area contributed by atoms with Crippen molar-refractivity contribution >= 4 is 17.5 Å². The molecule has 0 atom stereocenters. The van der Waals surface area contributed by atoms with Gasteiger partial charge in [-0.3, -0.25) is 4.79 Å². The first-order chi connectivity index (χ1) is 13.2. The van der Waals surface area contributed by atoms with Crippen molar-refractivity contribution in [1.29, 1.82) is 0 Å². The summed E-state index contributed by atoms with van der Waals surface area (Å²) in [7, 11) is 0. The monoisotopic (exact) mass is 361 g/mol. The topological polar surface area (TPSA) is 71.8 Å². The molecule has 0 radical (unpaired) electrons. The lowest BCUT2D eigenvalue weighted by Gasteiger charge is -2.10. The van der Waals surface area contributed by atoms with Crippen LogP contribution in [0.25, 0.3) is 0 Å². The molecule has 3 aromatic rings. The van der Waals surface area contributed by atoms with Gasteiger partial charge in [-0.05, 0) is 43.4 Å².